The quantitative estimate of drug-likeness (QED) is 0.777. The molecule has 1 nitrogen and oxygen atoms in total. The second-order valence-corrected chi connectivity index (χ2v) is 4.64. The molecule has 0 saturated heterocycles. The standard InChI is InChI=1S/C14H23N/c1-5-15-10-13-7-6-12(4)14(9-13)8-11(2)3/h6-7,9,11,15H,5,8,10H2,1-4H3. The first kappa shape index (κ1) is 12.3. The smallest absolute Gasteiger partial charge is 0.0205 e. The average Bonchev–Trinajstić information content (AvgIpc) is 2.18. The zero-order valence-electron chi connectivity index (χ0n) is 10.4. The molecule has 1 aromatic carbocycles. The van der Waals surface area contributed by atoms with Crippen LogP contribution in [0.1, 0.15) is 37.5 Å². The molecule has 15 heavy (non-hydrogen) atoms. The molecule has 0 spiro atoms. The van der Waals surface area contributed by atoms with E-state index in [1.165, 1.54) is 23.1 Å². The van der Waals surface area contributed by atoms with Crippen LogP contribution < -0.4 is 5.32 Å². The third-order valence-corrected chi connectivity index (χ3v) is 2.62. The van der Waals surface area contributed by atoms with Crippen molar-refractivity contribution in [2.75, 3.05) is 6.54 Å². The number of aryl methyl sites for hydroxylation is 1. The highest BCUT2D eigenvalue weighted by Gasteiger charge is 2.02. The van der Waals surface area contributed by atoms with E-state index in [1.807, 2.05) is 0 Å². The van der Waals surface area contributed by atoms with Crippen molar-refractivity contribution in [2.45, 2.75) is 40.7 Å². The Balaban J connectivity index is 2.75. The maximum Gasteiger partial charge on any atom is 0.0205 e. The molecule has 0 saturated carbocycles. The molecule has 0 atom stereocenters. The van der Waals surface area contributed by atoms with Crippen LogP contribution in [0.4, 0.5) is 0 Å². The Labute approximate surface area is 93.9 Å². The van der Waals surface area contributed by atoms with Gasteiger partial charge in [0.05, 0.1) is 0 Å². The van der Waals surface area contributed by atoms with Crippen LogP contribution in [0.2, 0.25) is 0 Å². The summed E-state index contributed by atoms with van der Waals surface area (Å²) in [5.74, 6) is 0.734. The van der Waals surface area contributed by atoms with Gasteiger partial charge in [-0.25, -0.2) is 0 Å². The van der Waals surface area contributed by atoms with Gasteiger partial charge >= 0.3 is 0 Å². The van der Waals surface area contributed by atoms with Crippen molar-refractivity contribution >= 4 is 0 Å². The minimum Gasteiger partial charge on any atom is -0.313 e. The molecule has 0 bridgehead atoms. The van der Waals surface area contributed by atoms with Crippen LogP contribution in [-0.2, 0) is 13.0 Å². The topological polar surface area (TPSA) is 12.0 Å². The summed E-state index contributed by atoms with van der Waals surface area (Å²) in [6.45, 7) is 10.9. The summed E-state index contributed by atoms with van der Waals surface area (Å²) < 4.78 is 0. The number of hydrogen-bond donors (Lipinski definition) is 1. The van der Waals surface area contributed by atoms with Gasteiger partial charge in [-0.15, -0.1) is 0 Å². The van der Waals surface area contributed by atoms with Crippen LogP contribution in [0.5, 0.6) is 0 Å². The van der Waals surface area contributed by atoms with E-state index in [2.05, 4.69) is 51.2 Å². The first-order chi connectivity index (χ1) is 7.13. The number of benzene rings is 1. The van der Waals surface area contributed by atoms with Gasteiger partial charge in [0.1, 0.15) is 0 Å². The molecule has 0 aliphatic carbocycles. The normalized spacial score (nSPS) is 11.0. The molecule has 0 amide bonds. The Morgan fingerprint density at radius 3 is 2.60 bits per heavy atom. The molecule has 1 N–H and O–H groups in total. The minimum atomic E-state index is 0.734. The van der Waals surface area contributed by atoms with Gasteiger partial charge in [0.2, 0.25) is 0 Å². The third kappa shape index (κ3) is 4.05. The Morgan fingerprint density at radius 1 is 1.27 bits per heavy atom. The summed E-state index contributed by atoms with van der Waals surface area (Å²) in [7, 11) is 0. The van der Waals surface area contributed by atoms with E-state index in [1.54, 1.807) is 0 Å². The van der Waals surface area contributed by atoms with Crippen LogP contribution in [0.3, 0.4) is 0 Å². The Hall–Kier alpha value is -0.820. The van der Waals surface area contributed by atoms with Crippen LogP contribution in [0.25, 0.3) is 0 Å². The van der Waals surface area contributed by atoms with E-state index in [9.17, 15) is 0 Å². The molecular formula is C14H23N. The van der Waals surface area contributed by atoms with Crippen molar-refractivity contribution < 1.29 is 0 Å². The maximum atomic E-state index is 3.36. The molecule has 0 unspecified atom stereocenters. The van der Waals surface area contributed by atoms with Gasteiger partial charge < -0.3 is 5.32 Å². The molecular weight excluding hydrogens is 182 g/mol. The van der Waals surface area contributed by atoms with E-state index in [0.29, 0.717) is 0 Å². The first-order valence-electron chi connectivity index (χ1n) is 5.92. The van der Waals surface area contributed by atoms with E-state index < -0.39 is 0 Å². The molecule has 84 valence electrons. The summed E-state index contributed by atoms with van der Waals surface area (Å²) in [5.41, 5.74) is 4.32. The van der Waals surface area contributed by atoms with Crippen LogP contribution in [0, 0.1) is 12.8 Å². The second-order valence-electron chi connectivity index (χ2n) is 4.64. The van der Waals surface area contributed by atoms with Gasteiger partial charge in [-0.3, -0.25) is 0 Å². The molecule has 0 radical (unpaired) electrons. The maximum absolute atomic E-state index is 3.36. The Morgan fingerprint density at radius 2 is 2.00 bits per heavy atom. The molecule has 1 aromatic rings. The number of rotatable bonds is 5. The van der Waals surface area contributed by atoms with Crippen molar-refractivity contribution in [3.05, 3.63) is 34.9 Å². The SMILES string of the molecule is CCNCc1ccc(C)c(CC(C)C)c1. The third-order valence-electron chi connectivity index (χ3n) is 2.62. The molecule has 0 aliphatic rings. The molecule has 0 heterocycles. The lowest BCUT2D eigenvalue weighted by Gasteiger charge is -2.11. The lowest BCUT2D eigenvalue weighted by Crippen LogP contribution is -2.12. The van der Waals surface area contributed by atoms with Gasteiger partial charge in [-0.2, -0.15) is 0 Å². The van der Waals surface area contributed by atoms with Gasteiger partial charge in [-0.1, -0.05) is 39.0 Å². The van der Waals surface area contributed by atoms with Crippen molar-refractivity contribution in [3.8, 4) is 0 Å². The lowest BCUT2D eigenvalue weighted by molar-refractivity contribution is 0.643. The van der Waals surface area contributed by atoms with E-state index in [0.717, 1.165) is 19.0 Å². The first-order valence-corrected chi connectivity index (χ1v) is 5.92. The summed E-state index contributed by atoms with van der Waals surface area (Å²) in [4.78, 5) is 0. The van der Waals surface area contributed by atoms with Crippen LogP contribution >= 0.6 is 0 Å². The molecule has 0 aliphatic heterocycles. The monoisotopic (exact) mass is 205 g/mol. The molecule has 0 fully saturated rings. The Bertz CT molecular complexity index is 302. The van der Waals surface area contributed by atoms with Crippen molar-refractivity contribution in [2.24, 2.45) is 5.92 Å². The van der Waals surface area contributed by atoms with Crippen LogP contribution in [0.15, 0.2) is 18.2 Å². The van der Waals surface area contributed by atoms with Gasteiger partial charge in [0.15, 0.2) is 0 Å². The predicted molar refractivity (Wildman–Crippen MR) is 67.1 cm³/mol. The number of hydrogen-bond acceptors (Lipinski definition) is 1. The average molecular weight is 205 g/mol. The zero-order chi connectivity index (χ0) is 11.3. The van der Waals surface area contributed by atoms with E-state index >= 15 is 0 Å². The van der Waals surface area contributed by atoms with Gasteiger partial charge in [0, 0.05) is 6.54 Å². The van der Waals surface area contributed by atoms with Gasteiger partial charge in [-0.05, 0) is 42.5 Å². The zero-order valence-corrected chi connectivity index (χ0v) is 10.4. The lowest BCUT2D eigenvalue weighted by atomic mass is 9.97. The molecule has 1 heteroatoms. The highest BCUT2D eigenvalue weighted by molar-refractivity contribution is 5.31. The second kappa shape index (κ2) is 5.92. The summed E-state index contributed by atoms with van der Waals surface area (Å²) in [6, 6.07) is 6.81. The fraction of sp³-hybridized carbons (Fsp3) is 0.571. The highest BCUT2D eigenvalue weighted by atomic mass is 14.8. The van der Waals surface area contributed by atoms with Gasteiger partial charge in [0.25, 0.3) is 0 Å². The minimum absolute atomic E-state index is 0.734. The van der Waals surface area contributed by atoms with E-state index in [-0.39, 0.29) is 0 Å². The molecule has 0 aromatic heterocycles. The number of nitrogens with one attached hydrogen (secondary N) is 1. The van der Waals surface area contributed by atoms with Crippen molar-refractivity contribution in [3.63, 3.8) is 0 Å². The largest absolute Gasteiger partial charge is 0.313 e. The fourth-order valence-electron chi connectivity index (χ4n) is 1.76. The Kier molecular flexibility index (Phi) is 4.83. The molecule has 1 rings (SSSR count). The summed E-state index contributed by atoms with van der Waals surface area (Å²) in [6.07, 6.45) is 1.19. The predicted octanol–water partition coefficient (Wildman–Crippen LogP) is 3.30. The van der Waals surface area contributed by atoms with Crippen molar-refractivity contribution in [1.29, 1.82) is 0 Å². The summed E-state index contributed by atoms with van der Waals surface area (Å²) in [5, 5.41) is 3.36. The van der Waals surface area contributed by atoms with Crippen molar-refractivity contribution in [1.82, 2.24) is 5.32 Å². The highest BCUT2D eigenvalue weighted by Crippen LogP contribution is 2.15. The van der Waals surface area contributed by atoms with Crippen LogP contribution in [-0.4, -0.2) is 6.54 Å². The fourth-order valence-corrected chi connectivity index (χ4v) is 1.76. The van der Waals surface area contributed by atoms with E-state index in [4.69, 9.17) is 0 Å². The summed E-state index contributed by atoms with van der Waals surface area (Å²) >= 11 is 0.